The maximum atomic E-state index is 13.1. The number of halogens is 4. The Labute approximate surface area is 160 Å². The molecule has 1 heterocycles. The lowest BCUT2D eigenvalue weighted by atomic mass is 10.1. The zero-order chi connectivity index (χ0) is 19.6. The molecule has 27 heavy (non-hydrogen) atoms. The monoisotopic (exact) mass is 397 g/mol. The fraction of sp³-hybridized carbons (Fsp3) is 0.316. The minimum Gasteiger partial charge on any atom is -0.368 e. The Balaban J connectivity index is 1.63. The zero-order valence-electron chi connectivity index (χ0n) is 14.7. The molecule has 0 spiro atoms. The predicted molar refractivity (Wildman–Crippen MR) is 100 cm³/mol. The van der Waals surface area contributed by atoms with Crippen LogP contribution >= 0.6 is 11.6 Å². The molecular formula is C19H19ClF3N3O. The third-order valence-corrected chi connectivity index (χ3v) is 4.97. The van der Waals surface area contributed by atoms with Crippen LogP contribution in [0.5, 0.6) is 0 Å². The van der Waals surface area contributed by atoms with E-state index in [9.17, 15) is 18.0 Å². The molecule has 1 saturated heterocycles. The van der Waals surface area contributed by atoms with E-state index in [-0.39, 0.29) is 5.69 Å². The number of alkyl halides is 3. The number of nitrogens with zero attached hydrogens (tertiary/aromatic N) is 2. The highest BCUT2D eigenvalue weighted by atomic mass is 35.5. The van der Waals surface area contributed by atoms with E-state index in [4.69, 9.17) is 11.6 Å². The van der Waals surface area contributed by atoms with Gasteiger partial charge in [-0.05, 0) is 36.8 Å². The maximum Gasteiger partial charge on any atom is 0.418 e. The lowest BCUT2D eigenvalue weighted by Crippen LogP contribution is -2.50. The van der Waals surface area contributed by atoms with Gasteiger partial charge in [-0.2, -0.15) is 13.2 Å². The third kappa shape index (κ3) is 4.47. The number of nitrogens with one attached hydrogen (secondary N) is 1. The largest absolute Gasteiger partial charge is 0.418 e. The Morgan fingerprint density at radius 1 is 1.07 bits per heavy atom. The SMILES string of the molecule is Cc1ccc(N2CCN(C(=O)Nc3ccccc3C(F)(F)F)CC2)cc1Cl. The van der Waals surface area contributed by atoms with Crippen molar-refractivity contribution in [2.24, 2.45) is 0 Å². The lowest BCUT2D eigenvalue weighted by Gasteiger charge is -2.36. The highest BCUT2D eigenvalue weighted by Crippen LogP contribution is 2.34. The molecule has 0 bridgehead atoms. The van der Waals surface area contributed by atoms with Gasteiger partial charge >= 0.3 is 12.2 Å². The van der Waals surface area contributed by atoms with Crippen LogP contribution in [0.1, 0.15) is 11.1 Å². The Kier molecular flexibility index (Phi) is 5.51. The molecule has 0 atom stereocenters. The molecule has 1 aliphatic rings. The summed E-state index contributed by atoms with van der Waals surface area (Å²) in [5.41, 5.74) is 0.865. The molecule has 0 aromatic heterocycles. The van der Waals surface area contributed by atoms with E-state index >= 15 is 0 Å². The van der Waals surface area contributed by atoms with Gasteiger partial charge in [0.05, 0.1) is 11.3 Å². The Morgan fingerprint density at radius 2 is 1.74 bits per heavy atom. The zero-order valence-corrected chi connectivity index (χ0v) is 15.4. The minimum atomic E-state index is -4.52. The van der Waals surface area contributed by atoms with Crippen LogP contribution in [-0.4, -0.2) is 37.1 Å². The van der Waals surface area contributed by atoms with Gasteiger partial charge in [0.25, 0.3) is 0 Å². The van der Waals surface area contributed by atoms with Gasteiger partial charge in [-0.25, -0.2) is 4.79 Å². The maximum absolute atomic E-state index is 13.1. The summed E-state index contributed by atoms with van der Waals surface area (Å²) in [4.78, 5) is 16.0. The van der Waals surface area contributed by atoms with Crippen LogP contribution in [0.15, 0.2) is 42.5 Å². The Bertz CT molecular complexity index is 833. The molecule has 144 valence electrons. The van der Waals surface area contributed by atoms with Gasteiger partial charge < -0.3 is 15.1 Å². The standard InChI is InChI=1S/C19H19ClF3N3O/c1-13-6-7-14(12-16(13)20)25-8-10-26(11-9-25)18(27)24-17-5-3-2-4-15(17)19(21,22)23/h2-7,12H,8-11H2,1H3,(H,24,27). The molecule has 1 aliphatic heterocycles. The third-order valence-electron chi connectivity index (χ3n) is 4.56. The average molecular weight is 398 g/mol. The van der Waals surface area contributed by atoms with Crippen molar-refractivity contribution in [1.82, 2.24) is 4.90 Å². The van der Waals surface area contributed by atoms with Crippen molar-refractivity contribution in [3.63, 3.8) is 0 Å². The first-order chi connectivity index (χ1) is 12.8. The van der Waals surface area contributed by atoms with Crippen molar-refractivity contribution >= 4 is 29.0 Å². The Morgan fingerprint density at radius 3 is 2.37 bits per heavy atom. The van der Waals surface area contributed by atoms with Gasteiger partial charge in [0, 0.05) is 36.9 Å². The van der Waals surface area contributed by atoms with Crippen molar-refractivity contribution in [1.29, 1.82) is 0 Å². The molecule has 8 heteroatoms. The van der Waals surface area contributed by atoms with Gasteiger partial charge in [0.2, 0.25) is 0 Å². The van der Waals surface area contributed by atoms with Gasteiger partial charge in [0.1, 0.15) is 0 Å². The topological polar surface area (TPSA) is 35.6 Å². The minimum absolute atomic E-state index is 0.234. The molecule has 0 radical (unpaired) electrons. The van der Waals surface area contributed by atoms with Crippen molar-refractivity contribution in [2.45, 2.75) is 13.1 Å². The first-order valence-corrected chi connectivity index (χ1v) is 8.87. The number of rotatable bonds is 2. The van der Waals surface area contributed by atoms with Crippen molar-refractivity contribution in [3.8, 4) is 0 Å². The number of para-hydroxylation sites is 1. The van der Waals surface area contributed by atoms with Gasteiger partial charge in [-0.15, -0.1) is 0 Å². The van der Waals surface area contributed by atoms with Crippen LogP contribution in [0.3, 0.4) is 0 Å². The molecule has 0 unspecified atom stereocenters. The van der Waals surface area contributed by atoms with Crippen molar-refractivity contribution in [2.75, 3.05) is 36.4 Å². The second kappa shape index (κ2) is 7.68. The molecule has 3 rings (SSSR count). The summed E-state index contributed by atoms with van der Waals surface area (Å²) in [6, 6.07) is 10.2. The fourth-order valence-electron chi connectivity index (χ4n) is 2.98. The van der Waals surface area contributed by atoms with E-state index in [1.165, 1.54) is 23.1 Å². The first kappa shape index (κ1) is 19.4. The summed E-state index contributed by atoms with van der Waals surface area (Å²) < 4.78 is 39.2. The van der Waals surface area contributed by atoms with Crippen LogP contribution in [0.4, 0.5) is 29.3 Å². The van der Waals surface area contributed by atoms with Crippen LogP contribution in [-0.2, 0) is 6.18 Å². The van der Waals surface area contributed by atoms with Crippen LogP contribution in [0.2, 0.25) is 5.02 Å². The smallest absolute Gasteiger partial charge is 0.368 e. The second-order valence-electron chi connectivity index (χ2n) is 6.38. The summed E-state index contributed by atoms with van der Waals surface area (Å²) in [5, 5.41) is 3.06. The van der Waals surface area contributed by atoms with Crippen LogP contribution in [0.25, 0.3) is 0 Å². The van der Waals surface area contributed by atoms with E-state index in [1.807, 2.05) is 25.1 Å². The molecule has 0 saturated carbocycles. The molecule has 1 fully saturated rings. The number of carbonyl (C=O) groups excluding carboxylic acids is 1. The molecule has 0 aliphatic carbocycles. The second-order valence-corrected chi connectivity index (χ2v) is 6.79. The quantitative estimate of drug-likeness (QED) is 0.772. The normalized spacial score (nSPS) is 15.0. The number of aryl methyl sites for hydroxylation is 1. The molecular weight excluding hydrogens is 379 g/mol. The molecule has 2 amide bonds. The summed E-state index contributed by atoms with van der Waals surface area (Å²) in [6.45, 7) is 3.89. The van der Waals surface area contributed by atoms with Crippen LogP contribution in [0, 0.1) is 6.92 Å². The highest BCUT2D eigenvalue weighted by molar-refractivity contribution is 6.31. The molecule has 2 aromatic rings. The first-order valence-electron chi connectivity index (χ1n) is 8.49. The van der Waals surface area contributed by atoms with Crippen molar-refractivity contribution < 1.29 is 18.0 Å². The number of anilines is 2. The number of carbonyl (C=O) groups is 1. The average Bonchev–Trinajstić information content (AvgIpc) is 2.64. The summed E-state index contributed by atoms with van der Waals surface area (Å²) in [6.07, 6.45) is -4.52. The van der Waals surface area contributed by atoms with E-state index in [0.717, 1.165) is 17.3 Å². The molecule has 1 N–H and O–H groups in total. The lowest BCUT2D eigenvalue weighted by molar-refractivity contribution is -0.136. The predicted octanol–water partition coefficient (Wildman–Crippen LogP) is 5.02. The Hall–Kier alpha value is -2.41. The number of hydrogen-bond donors (Lipinski definition) is 1. The van der Waals surface area contributed by atoms with E-state index in [0.29, 0.717) is 31.2 Å². The molecule has 2 aromatic carbocycles. The summed E-state index contributed by atoms with van der Waals surface area (Å²) in [5.74, 6) is 0. The van der Waals surface area contributed by atoms with E-state index in [1.54, 1.807) is 0 Å². The molecule has 4 nitrogen and oxygen atoms in total. The number of amides is 2. The van der Waals surface area contributed by atoms with Crippen molar-refractivity contribution in [3.05, 3.63) is 58.6 Å². The summed E-state index contributed by atoms with van der Waals surface area (Å²) in [7, 11) is 0. The number of hydrogen-bond acceptors (Lipinski definition) is 2. The summed E-state index contributed by atoms with van der Waals surface area (Å²) >= 11 is 6.16. The van der Waals surface area contributed by atoms with Crippen LogP contribution < -0.4 is 10.2 Å². The number of piperazine rings is 1. The number of urea groups is 1. The van der Waals surface area contributed by atoms with Gasteiger partial charge in [-0.3, -0.25) is 0 Å². The van der Waals surface area contributed by atoms with E-state index < -0.39 is 17.8 Å². The van der Waals surface area contributed by atoms with Gasteiger partial charge in [0.15, 0.2) is 0 Å². The highest BCUT2D eigenvalue weighted by Gasteiger charge is 2.34. The number of benzene rings is 2. The van der Waals surface area contributed by atoms with Gasteiger partial charge in [-0.1, -0.05) is 29.8 Å². The van der Waals surface area contributed by atoms with E-state index in [2.05, 4.69) is 10.2 Å². The fourth-order valence-corrected chi connectivity index (χ4v) is 3.15.